The van der Waals surface area contributed by atoms with Crippen LogP contribution in [-0.2, 0) is 18.5 Å². The number of hydrogen-bond donors (Lipinski definition) is 0. The molecule has 0 fully saturated rings. The van der Waals surface area contributed by atoms with Gasteiger partial charge in [0.25, 0.3) is 0 Å². The normalized spacial score (nSPS) is 11.1. The molecule has 0 saturated heterocycles. The van der Waals surface area contributed by atoms with E-state index in [-0.39, 0.29) is 57.1 Å². The van der Waals surface area contributed by atoms with Crippen molar-refractivity contribution in [2.75, 3.05) is 24.1 Å². The third-order valence-electron chi connectivity index (χ3n) is 1.03. The molecule has 0 aliphatic rings. The van der Waals surface area contributed by atoms with Crippen molar-refractivity contribution in [3.05, 3.63) is 0 Å². The molecule has 0 heterocycles. The molecule has 0 atom stereocenters. The van der Waals surface area contributed by atoms with Crippen LogP contribution in [0.2, 0.25) is 0 Å². The van der Waals surface area contributed by atoms with Gasteiger partial charge in [0.2, 0.25) is 0 Å². The van der Waals surface area contributed by atoms with Gasteiger partial charge in [0.1, 0.15) is 5.94 Å². The molecule has 0 aromatic rings. The Hall–Kier alpha value is 2.17. The molecule has 0 radical (unpaired) electrons. The van der Waals surface area contributed by atoms with E-state index in [0.29, 0.717) is 24.7 Å². The molecule has 86 valence electrons. The van der Waals surface area contributed by atoms with Crippen LogP contribution in [0, 0.1) is 0 Å². The van der Waals surface area contributed by atoms with E-state index in [2.05, 4.69) is 0 Å². The van der Waals surface area contributed by atoms with E-state index in [1.807, 2.05) is 6.92 Å². The first kappa shape index (κ1) is 19.5. The quantitative estimate of drug-likeness (QED) is 0.164. The van der Waals surface area contributed by atoms with Gasteiger partial charge in [0.05, 0.1) is 16.7 Å². The molecular formula is C6H13KO5S3. The van der Waals surface area contributed by atoms with Crippen LogP contribution in [-0.4, -0.2) is 37.0 Å². The van der Waals surface area contributed by atoms with Crippen LogP contribution in [0.3, 0.4) is 0 Å². The number of thioether (sulfide) groups is 1. The Morgan fingerprint density at radius 3 is 2.53 bits per heavy atom. The Morgan fingerprint density at radius 2 is 2.00 bits per heavy atom. The van der Waals surface area contributed by atoms with Crippen molar-refractivity contribution in [3.63, 3.8) is 0 Å². The molecule has 5 nitrogen and oxygen atoms in total. The largest absolute Gasteiger partial charge is 1.00 e. The van der Waals surface area contributed by atoms with Crippen molar-refractivity contribution in [2.45, 2.75) is 13.3 Å². The minimum Gasteiger partial charge on any atom is -0.748 e. The molecule has 0 bridgehead atoms. The molecule has 0 N–H and O–H groups in total. The van der Waals surface area contributed by atoms with Crippen molar-refractivity contribution in [2.24, 2.45) is 0 Å². The van der Waals surface area contributed by atoms with Gasteiger partial charge < -0.3 is 4.55 Å². The van der Waals surface area contributed by atoms with Gasteiger partial charge in [-0.25, -0.2) is 8.42 Å². The maximum Gasteiger partial charge on any atom is 1.00 e. The summed E-state index contributed by atoms with van der Waals surface area (Å²) in [5, 5.41) is 0. The molecule has 0 aromatic carbocycles. The molecule has 0 saturated carbocycles. The van der Waals surface area contributed by atoms with E-state index in [1.54, 1.807) is 0 Å². The van der Waals surface area contributed by atoms with E-state index < -0.39 is 10.1 Å². The fourth-order valence-corrected chi connectivity index (χ4v) is 2.27. The molecule has 9 heteroatoms. The van der Waals surface area contributed by atoms with Gasteiger partial charge in [0.15, 0.2) is 12.3 Å². The van der Waals surface area contributed by atoms with Crippen molar-refractivity contribution in [1.82, 2.24) is 0 Å². The molecular weight excluding hydrogens is 287 g/mol. The first-order valence-electron chi connectivity index (χ1n) is 3.98. The van der Waals surface area contributed by atoms with Crippen LogP contribution >= 0.6 is 24.1 Å². The van der Waals surface area contributed by atoms with E-state index in [9.17, 15) is 13.0 Å². The van der Waals surface area contributed by atoms with E-state index in [1.165, 1.54) is 11.8 Å². The molecule has 0 unspecified atom stereocenters. The molecule has 15 heavy (non-hydrogen) atoms. The summed E-state index contributed by atoms with van der Waals surface area (Å²) < 4.78 is 40.3. The van der Waals surface area contributed by atoms with Gasteiger partial charge in [-0.05, 0) is 19.1 Å². The number of rotatable bonds is 9. The van der Waals surface area contributed by atoms with E-state index in [0.717, 1.165) is 12.3 Å². The van der Waals surface area contributed by atoms with Crippen molar-refractivity contribution in [3.8, 4) is 0 Å². The summed E-state index contributed by atoms with van der Waals surface area (Å²) in [7, 11) is -4.06. The Labute approximate surface area is 142 Å². The molecule has 0 amide bonds. The third-order valence-corrected chi connectivity index (χ3v) is 3.37. The van der Waals surface area contributed by atoms with E-state index in [4.69, 9.17) is 8.37 Å². The standard InChI is InChI=1S/C6H14O5S3.K/c1-2-10-13-11-6-12-4-3-5-14(7,8)9;/h2-6H2,1H3,(H,7,8,9);/q;+1/p-1. The Balaban J connectivity index is 0. The first-order valence-corrected chi connectivity index (χ1v) is 7.38. The summed E-state index contributed by atoms with van der Waals surface area (Å²) in [6.45, 7) is 2.42. The van der Waals surface area contributed by atoms with Crippen LogP contribution < -0.4 is 51.4 Å². The zero-order valence-corrected chi connectivity index (χ0v) is 14.4. The summed E-state index contributed by atoms with van der Waals surface area (Å²) in [6.07, 6.45) is 0.360. The van der Waals surface area contributed by atoms with Crippen LogP contribution in [0.4, 0.5) is 0 Å². The van der Waals surface area contributed by atoms with Gasteiger partial charge in [-0.15, -0.1) is 11.8 Å². The van der Waals surface area contributed by atoms with Crippen molar-refractivity contribution in [1.29, 1.82) is 0 Å². The average molecular weight is 300 g/mol. The van der Waals surface area contributed by atoms with Crippen molar-refractivity contribution < 1.29 is 72.7 Å². The summed E-state index contributed by atoms with van der Waals surface area (Å²) in [5.74, 6) is 0.705. The Kier molecular flexibility index (Phi) is 16.4. The topological polar surface area (TPSA) is 75.7 Å². The second kappa shape index (κ2) is 12.6. The third kappa shape index (κ3) is 18.7. The van der Waals surface area contributed by atoms with Crippen LogP contribution in [0.25, 0.3) is 0 Å². The molecule has 0 aliphatic heterocycles. The predicted octanol–water partition coefficient (Wildman–Crippen LogP) is -1.77. The number of hydrogen-bond acceptors (Lipinski definition) is 7. The SMILES string of the molecule is CCOSOCSCCCS(=O)(=O)[O-].[K+]. The summed E-state index contributed by atoms with van der Waals surface area (Å²) in [4.78, 5) is 0. The Morgan fingerprint density at radius 1 is 1.33 bits per heavy atom. The zero-order chi connectivity index (χ0) is 10.9. The second-order valence-corrected chi connectivity index (χ2v) is 5.42. The smallest absolute Gasteiger partial charge is 0.748 e. The van der Waals surface area contributed by atoms with Crippen LogP contribution in [0.5, 0.6) is 0 Å². The molecule has 0 aromatic heterocycles. The summed E-state index contributed by atoms with van der Waals surface area (Å²) in [6, 6.07) is 0. The maximum atomic E-state index is 10.2. The zero-order valence-electron chi connectivity index (χ0n) is 8.80. The molecule has 0 aliphatic carbocycles. The predicted molar refractivity (Wildman–Crippen MR) is 56.8 cm³/mol. The summed E-state index contributed by atoms with van der Waals surface area (Å²) >= 11 is 2.33. The van der Waals surface area contributed by atoms with Gasteiger partial charge in [-0.2, -0.15) is 0 Å². The van der Waals surface area contributed by atoms with Gasteiger partial charge in [0, 0.05) is 5.75 Å². The molecule has 0 spiro atoms. The van der Waals surface area contributed by atoms with Gasteiger partial charge in [-0.3, -0.25) is 8.37 Å². The average Bonchev–Trinajstić information content (AvgIpc) is 2.08. The van der Waals surface area contributed by atoms with Gasteiger partial charge >= 0.3 is 51.4 Å². The van der Waals surface area contributed by atoms with Gasteiger partial charge in [-0.1, -0.05) is 0 Å². The van der Waals surface area contributed by atoms with E-state index >= 15 is 0 Å². The monoisotopic (exact) mass is 300 g/mol. The minimum atomic E-state index is -4.06. The van der Waals surface area contributed by atoms with Crippen LogP contribution in [0.1, 0.15) is 13.3 Å². The minimum absolute atomic E-state index is 0. The fraction of sp³-hybridized carbons (Fsp3) is 1.00. The maximum absolute atomic E-state index is 10.2. The van der Waals surface area contributed by atoms with Crippen molar-refractivity contribution >= 4 is 34.2 Å². The Bertz CT molecular complexity index is 221. The summed E-state index contributed by atoms with van der Waals surface area (Å²) in [5.41, 5.74) is 0. The fourth-order valence-electron chi connectivity index (χ4n) is 0.532. The second-order valence-electron chi connectivity index (χ2n) is 2.23. The first-order chi connectivity index (χ1) is 6.56. The van der Waals surface area contributed by atoms with Crippen LogP contribution in [0.15, 0.2) is 0 Å². The molecule has 0 rings (SSSR count).